The maximum absolute atomic E-state index is 10.4. The van der Waals surface area contributed by atoms with Crippen LogP contribution in [0.5, 0.6) is 0 Å². The first-order valence-corrected chi connectivity index (χ1v) is 4.49. The lowest BCUT2D eigenvalue weighted by Gasteiger charge is -2.28. The average Bonchev–Trinajstić information content (AvgIpc) is 1.95. The molecule has 0 aliphatic carbocycles. The van der Waals surface area contributed by atoms with Crippen molar-refractivity contribution in [2.45, 2.75) is 39.8 Å². The molecule has 2 N–H and O–H groups in total. The Kier molecular flexibility index (Phi) is 5.17. The normalized spacial score (nSPS) is 10.4. The van der Waals surface area contributed by atoms with E-state index in [1.54, 1.807) is 0 Å². The van der Waals surface area contributed by atoms with Gasteiger partial charge >= 0.3 is 0 Å². The molecule has 0 bridgehead atoms. The maximum Gasteiger partial charge on any atom is 0.293 e. The number of carbonyl (C=O) groups excluding carboxylic acids is 1. The van der Waals surface area contributed by atoms with Crippen LogP contribution in [0.1, 0.15) is 27.7 Å². The SMILES string of the molecule is CC(C)N(CC#CC(N)=O)C(C)C. The Balaban J connectivity index is 4.15. The van der Waals surface area contributed by atoms with E-state index in [4.69, 9.17) is 5.73 Å². The minimum Gasteiger partial charge on any atom is -0.359 e. The van der Waals surface area contributed by atoms with Crippen molar-refractivity contribution in [2.24, 2.45) is 5.73 Å². The molecule has 13 heavy (non-hydrogen) atoms. The Morgan fingerprint density at radius 1 is 1.31 bits per heavy atom. The first-order valence-electron chi connectivity index (χ1n) is 4.49. The van der Waals surface area contributed by atoms with Gasteiger partial charge in [0.05, 0.1) is 6.54 Å². The van der Waals surface area contributed by atoms with Gasteiger partial charge in [-0.1, -0.05) is 5.92 Å². The fourth-order valence-electron chi connectivity index (χ4n) is 1.18. The summed E-state index contributed by atoms with van der Waals surface area (Å²) in [5.74, 6) is 4.52. The molecule has 0 fully saturated rings. The van der Waals surface area contributed by atoms with Gasteiger partial charge in [0.15, 0.2) is 0 Å². The molecule has 74 valence electrons. The molecular weight excluding hydrogens is 164 g/mol. The number of nitrogens with two attached hydrogens (primary N) is 1. The van der Waals surface area contributed by atoms with Gasteiger partial charge < -0.3 is 5.73 Å². The van der Waals surface area contributed by atoms with Crippen LogP contribution in [0.3, 0.4) is 0 Å². The molecule has 0 spiro atoms. The second-order valence-corrected chi connectivity index (χ2v) is 3.53. The van der Waals surface area contributed by atoms with Gasteiger partial charge in [-0.2, -0.15) is 0 Å². The van der Waals surface area contributed by atoms with E-state index in [1.807, 2.05) is 0 Å². The Hall–Kier alpha value is -1.01. The van der Waals surface area contributed by atoms with Crippen molar-refractivity contribution in [3.63, 3.8) is 0 Å². The van der Waals surface area contributed by atoms with Gasteiger partial charge in [0.25, 0.3) is 5.91 Å². The van der Waals surface area contributed by atoms with Crippen LogP contribution in [0, 0.1) is 11.8 Å². The topological polar surface area (TPSA) is 46.3 Å². The van der Waals surface area contributed by atoms with Crippen LogP contribution in [0.25, 0.3) is 0 Å². The second-order valence-electron chi connectivity index (χ2n) is 3.53. The Morgan fingerprint density at radius 3 is 2.08 bits per heavy atom. The van der Waals surface area contributed by atoms with Crippen LogP contribution in [0.15, 0.2) is 0 Å². The van der Waals surface area contributed by atoms with Gasteiger partial charge in [0.1, 0.15) is 0 Å². The Labute approximate surface area is 80.3 Å². The molecule has 0 unspecified atom stereocenters. The van der Waals surface area contributed by atoms with Gasteiger partial charge in [-0.25, -0.2) is 0 Å². The summed E-state index contributed by atoms with van der Waals surface area (Å²) in [7, 11) is 0. The van der Waals surface area contributed by atoms with Crippen molar-refractivity contribution in [3.05, 3.63) is 0 Å². The zero-order chi connectivity index (χ0) is 10.4. The van der Waals surface area contributed by atoms with E-state index in [-0.39, 0.29) is 0 Å². The molecule has 3 heteroatoms. The lowest BCUT2D eigenvalue weighted by molar-refractivity contribution is -0.112. The van der Waals surface area contributed by atoms with Crippen LogP contribution in [-0.4, -0.2) is 29.4 Å². The quantitative estimate of drug-likeness (QED) is 0.649. The number of nitrogens with zero attached hydrogens (tertiary/aromatic N) is 1. The summed E-state index contributed by atoms with van der Waals surface area (Å²) in [6, 6.07) is 0.865. The summed E-state index contributed by atoms with van der Waals surface area (Å²) in [6.07, 6.45) is 0. The average molecular weight is 182 g/mol. The van der Waals surface area contributed by atoms with E-state index in [2.05, 4.69) is 44.4 Å². The lowest BCUT2D eigenvalue weighted by Crippen LogP contribution is -2.37. The summed E-state index contributed by atoms with van der Waals surface area (Å²) in [5, 5.41) is 0. The molecule has 0 aromatic carbocycles. The van der Waals surface area contributed by atoms with Crippen LogP contribution in [-0.2, 0) is 4.79 Å². The smallest absolute Gasteiger partial charge is 0.293 e. The van der Waals surface area contributed by atoms with Gasteiger partial charge in [-0.15, -0.1) is 0 Å². The molecule has 0 saturated carbocycles. The van der Waals surface area contributed by atoms with Crippen molar-refractivity contribution in [1.82, 2.24) is 4.90 Å². The fraction of sp³-hybridized carbons (Fsp3) is 0.700. The van der Waals surface area contributed by atoms with E-state index in [0.717, 1.165) is 0 Å². The molecule has 0 aromatic rings. The minimum absolute atomic E-state index is 0.433. The van der Waals surface area contributed by atoms with E-state index in [9.17, 15) is 4.79 Å². The third-order valence-corrected chi connectivity index (χ3v) is 1.80. The second kappa shape index (κ2) is 5.60. The summed E-state index contributed by atoms with van der Waals surface area (Å²) in [4.78, 5) is 12.5. The van der Waals surface area contributed by atoms with E-state index in [1.165, 1.54) is 0 Å². The summed E-state index contributed by atoms with van der Waals surface area (Å²) >= 11 is 0. The molecule has 1 amide bonds. The monoisotopic (exact) mass is 182 g/mol. The third-order valence-electron chi connectivity index (χ3n) is 1.80. The highest BCUT2D eigenvalue weighted by atomic mass is 16.1. The lowest BCUT2D eigenvalue weighted by atomic mass is 10.2. The number of hydrogen-bond donors (Lipinski definition) is 1. The Bertz CT molecular complexity index is 215. The molecule has 0 radical (unpaired) electrons. The molecule has 0 saturated heterocycles. The van der Waals surface area contributed by atoms with E-state index >= 15 is 0 Å². The fourth-order valence-corrected chi connectivity index (χ4v) is 1.18. The number of carbonyl (C=O) groups is 1. The van der Waals surface area contributed by atoms with Crippen molar-refractivity contribution >= 4 is 5.91 Å². The first kappa shape index (κ1) is 12.0. The highest BCUT2D eigenvalue weighted by Crippen LogP contribution is 2.02. The van der Waals surface area contributed by atoms with Crippen molar-refractivity contribution in [3.8, 4) is 11.8 Å². The standard InChI is InChI=1S/C10H18N2O/c1-8(2)12(9(3)4)7-5-6-10(11)13/h8-9H,7H2,1-4H3,(H2,11,13). The van der Waals surface area contributed by atoms with Gasteiger partial charge in [0.2, 0.25) is 0 Å². The molecule has 3 nitrogen and oxygen atoms in total. The van der Waals surface area contributed by atoms with Crippen LogP contribution < -0.4 is 5.73 Å². The molecular formula is C10H18N2O. The summed E-state index contributed by atoms with van der Waals surface area (Å²) in [6.45, 7) is 9.01. The summed E-state index contributed by atoms with van der Waals surface area (Å²) in [5.41, 5.74) is 4.90. The van der Waals surface area contributed by atoms with Crippen molar-refractivity contribution < 1.29 is 4.79 Å². The molecule has 0 atom stereocenters. The number of primary amides is 1. The first-order chi connectivity index (χ1) is 5.95. The van der Waals surface area contributed by atoms with Crippen molar-refractivity contribution in [1.29, 1.82) is 0 Å². The highest BCUT2D eigenvalue weighted by molar-refractivity contribution is 5.91. The van der Waals surface area contributed by atoms with E-state index < -0.39 is 5.91 Å². The molecule has 0 heterocycles. The summed E-state index contributed by atoms with van der Waals surface area (Å²) < 4.78 is 0. The number of rotatable bonds is 3. The predicted octanol–water partition coefficient (Wildman–Crippen LogP) is 0.594. The maximum atomic E-state index is 10.4. The molecule has 0 aliphatic heterocycles. The molecule has 0 aromatic heterocycles. The number of hydrogen-bond acceptors (Lipinski definition) is 2. The largest absolute Gasteiger partial charge is 0.359 e. The van der Waals surface area contributed by atoms with Gasteiger partial charge in [-0.3, -0.25) is 9.69 Å². The van der Waals surface area contributed by atoms with Crippen molar-refractivity contribution in [2.75, 3.05) is 6.54 Å². The third kappa shape index (κ3) is 5.26. The highest BCUT2D eigenvalue weighted by Gasteiger charge is 2.10. The van der Waals surface area contributed by atoms with E-state index in [0.29, 0.717) is 18.6 Å². The van der Waals surface area contributed by atoms with Gasteiger partial charge in [-0.05, 0) is 33.6 Å². The molecule has 0 aliphatic rings. The van der Waals surface area contributed by atoms with Crippen LogP contribution >= 0.6 is 0 Å². The Morgan fingerprint density at radius 2 is 1.77 bits per heavy atom. The zero-order valence-corrected chi connectivity index (χ0v) is 8.79. The number of amides is 1. The minimum atomic E-state index is -0.563. The van der Waals surface area contributed by atoms with Crippen LogP contribution in [0.2, 0.25) is 0 Å². The predicted molar refractivity (Wildman–Crippen MR) is 53.9 cm³/mol. The van der Waals surface area contributed by atoms with Crippen LogP contribution in [0.4, 0.5) is 0 Å². The zero-order valence-electron chi connectivity index (χ0n) is 8.79. The van der Waals surface area contributed by atoms with Gasteiger partial charge in [0, 0.05) is 12.1 Å². The molecule has 0 rings (SSSR count).